The van der Waals surface area contributed by atoms with Gasteiger partial charge in [0.05, 0.1) is 5.56 Å². The zero-order chi connectivity index (χ0) is 12.4. The molecule has 0 N–H and O–H groups in total. The van der Waals surface area contributed by atoms with Crippen molar-refractivity contribution in [2.24, 2.45) is 0 Å². The highest BCUT2D eigenvalue weighted by Gasteiger charge is 2.10. The van der Waals surface area contributed by atoms with Gasteiger partial charge >= 0.3 is 0 Å². The molecule has 2 heterocycles. The van der Waals surface area contributed by atoms with E-state index in [4.69, 9.17) is 4.52 Å². The first-order valence-corrected chi connectivity index (χ1v) is 5.18. The first-order chi connectivity index (χ1) is 8.83. The predicted molar refractivity (Wildman–Crippen MR) is 60.7 cm³/mol. The molecular formula is C12H7FN4O. The summed E-state index contributed by atoms with van der Waals surface area (Å²) >= 11 is 0. The van der Waals surface area contributed by atoms with Gasteiger partial charge in [-0.15, -0.1) is 0 Å². The largest absolute Gasteiger partial charge is 0.334 e. The Bertz CT molecular complexity index is 651. The van der Waals surface area contributed by atoms with Crippen LogP contribution < -0.4 is 0 Å². The van der Waals surface area contributed by atoms with Gasteiger partial charge in [0, 0.05) is 18.0 Å². The van der Waals surface area contributed by atoms with E-state index < -0.39 is 0 Å². The summed E-state index contributed by atoms with van der Waals surface area (Å²) in [5.41, 5.74) is 1.32. The van der Waals surface area contributed by atoms with Crippen LogP contribution in [0, 0.1) is 5.82 Å². The fraction of sp³-hybridized carbons (Fsp3) is 0. The zero-order valence-electron chi connectivity index (χ0n) is 9.12. The quantitative estimate of drug-likeness (QED) is 0.690. The second-order valence-corrected chi connectivity index (χ2v) is 3.56. The van der Waals surface area contributed by atoms with E-state index in [2.05, 4.69) is 20.1 Å². The number of halogens is 1. The van der Waals surface area contributed by atoms with Crippen LogP contribution in [-0.4, -0.2) is 20.1 Å². The fourth-order valence-corrected chi connectivity index (χ4v) is 1.47. The minimum absolute atomic E-state index is 0.310. The molecule has 3 rings (SSSR count). The third-order valence-electron chi connectivity index (χ3n) is 2.34. The Kier molecular flexibility index (Phi) is 2.53. The first kappa shape index (κ1) is 10.5. The van der Waals surface area contributed by atoms with E-state index in [9.17, 15) is 4.39 Å². The summed E-state index contributed by atoms with van der Waals surface area (Å²) in [4.78, 5) is 11.9. The van der Waals surface area contributed by atoms with E-state index in [-0.39, 0.29) is 5.82 Å². The molecule has 0 aliphatic heterocycles. The molecule has 3 aromatic rings. The van der Waals surface area contributed by atoms with Crippen LogP contribution in [0.15, 0.2) is 47.5 Å². The maximum Gasteiger partial charge on any atom is 0.258 e. The summed E-state index contributed by atoms with van der Waals surface area (Å²) in [6, 6.07) is 5.83. The molecule has 18 heavy (non-hydrogen) atoms. The van der Waals surface area contributed by atoms with E-state index >= 15 is 0 Å². The van der Waals surface area contributed by atoms with Crippen molar-refractivity contribution in [3.05, 3.63) is 48.8 Å². The molecule has 0 bridgehead atoms. The van der Waals surface area contributed by atoms with Crippen molar-refractivity contribution < 1.29 is 8.91 Å². The number of nitrogens with zero attached hydrogens (tertiary/aromatic N) is 4. The minimum atomic E-state index is -0.310. The molecule has 0 unspecified atom stereocenters. The highest BCUT2D eigenvalue weighted by Crippen LogP contribution is 2.21. The predicted octanol–water partition coefficient (Wildman–Crippen LogP) is 2.33. The van der Waals surface area contributed by atoms with Gasteiger partial charge in [0.25, 0.3) is 5.89 Å². The number of hydrogen-bond donors (Lipinski definition) is 0. The Balaban J connectivity index is 1.97. The van der Waals surface area contributed by atoms with Gasteiger partial charge in [-0.1, -0.05) is 5.16 Å². The van der Waals surface area contributed by atoms with Crippen molar-refractivity contribution in [1.82, 2.24) is 20.1 Å². The van der Waals surface area contributed by atoms with Gasteiger partial charge in [-0.2, -0.15) is 4.98 Å². The van der Waals surface area contributed by atoms with Gasteiger partial charge < -0.3 is 4.52 Å². The summed E-state index contributed by atoms with van der Waals surface area (Å²) < 4.78 is 17.9. The van der Waals surface area contributed by atoms with Crippen molar-refractivity contribution in [2.45, 2.75) is 0 Å². The molecule has 6 heteroatoms. The van der Waals surface area contributed by atoms with E-state index in [0.717, 1.165) is 0 Å². The van der Waals surface area contributed by atoms with Gasteiger partial charge in [-0.25, -0.2) is 14.4 Å². The lowest BCUT2D eigenvalue weighted by atomic mass is 10.2. The maximum atomic E-state index is 12.8. The average Bonchev–Trinajstić information content (AvgIpc) is 2.90. The van der Waals surface area contributed by atoms with Crippen molar-refractivity contribution in [3.8, 4) is 22.8 Å². The summed E-state index contributed by atoms with van der Waals surface area (Å²) in [6.45, 7) is 0. The SMILES string of the molecule is Fc1ccc(-c2nc(-c3cncnc3)no2)cc1. The highest BCUT2D eigenvalue weighted by atomic mass is 19.1. The van der Waals surface area contributed by atoms with Crippen LogP contribution in [0.5, 0.6) is 0 Å². The van der Waals surface area contributed by atoms with Crippen LogP contribution in [0.1, 0.15) is 0 Å². The minimum Gasteiger partial charge on any atom is -0.334 e. The Hall–Kier alpha value is -2.63. The van der Waals surface area contributed by atoms with Crippen LogP contribution in [0.4, 0.5) is 4.39 Å². The Morgan fingerprint density at radius 1 is 0.944 bits per heavy atom. The fourth-order valence-electron chi connectivity index (χ4n) is 1.47. The number of aromatic nitrogens is 4. The van der Waals surface area contributed by atoms with Gasteiger partial charge in [0.1, 0.15) is 12.1 Å². The third-order valence-corrected chi connectivity index (χ3v) is 2.34. The van der Waals surface area contributed by atoms with Crippen LogP contribution >= 0.6 is 0 Å². The van der Waals surface area contributed by atoms with E-state index in [0.29, 0.717) is 22.8 Å². The second-order valence-electron chi connectivity index (χ2n) is 3.56. The molecule has 0 fully saturated rings. The van der Waals surface area contributed by atoms with Crippen LogP contribution in [0.3, 0.4) is 0 Å². The van der Waals surface area contributed by atoms with Crippen LogP contribution in [0.25, 0.3) is 22.8 Å². The molecule has 0 aliphatic rings. The van der Waals surface area contributed by atoms with Gasteiger partial charge in [-0.3, -0.25) is 0 Å². The van der Waals surface area contributed by atoms with Crippen LogP contribution in [-0.2, 0) is 0 Å². The van der Waals surface area contributed by atoms with Gasteiger partial charge in [0.15, 0.2) is 0 Å². The topological polar surface area (TPSA) is 64.7 Å². The van der Waals surface area contributed by atoms with Gasteiger partial charge in [-0.05, 0) is 24.3 Å². The lowest BCUT2D eigenvalue weighted by Gasteiger charge is -1.92. The monoisotopic (exact) mass is 242 g/mol. The molecule has 1 aromatic carbocycles. The molecule has 0 saturated carbocycles. The summed E-state index contributed by atoms with van der Waals surface area (Å²) in [5, 5.41) is 3.83. The summed E-state index contributed by atoms with van der Waals surface area (Å²) in [6.07, 6.45) is 4.60. The average molecular weight is 242 g/mol. The molecular weight excluding hydrogens is 235 g/mol. The molecule has 0 spiro atoms. The second kappa shape index (κ2) is 4.33. The summed E-state index contributed by atoms with van der Waals surface area (Å²) in [5.74, 6) is 0.415. The number of rotatable bonds is 2. The van der Waals surface area contributed by atoms with Crippen LogP contribution in [0.2, 0.25) is 0 Å². The maximum absolute atomic E-state index is 12.8. The van der Waals surface area contributed by atoms with E-state index in [1.165, 1.54) is 18.5 Å². The number of hydrogen-bond acceptors (Lipinski definition) is 5. The lowest BCUT2D eigenvalue weighted by molar-refractivity contribution is 0.432. The van der Waals surface area contributed by atoms with E-state index in [1.807, 2.05) is 0 Å². The molecule has 0 radical (unpaired) electrons. The standard InChI is InChI=1S/C12H7FN4O/c13-10-3-1-8(2-4-10)12-16-11(17-18-12)9-5-14-7-15-6-9/h1-7H. The molecule has 2 aromatic heterocycles. The Labute approximate surface area is 101 Å². The normalized spacial score (nSPS) is 10.5. The third kappa shape index (κ3) is 1.95. The molecule has 0 amide bonds. The van der Waals surface area contributed by atoms with Crippen molar-refractivity contribution in [1.29, 1.82) is 0 Å². The van der Waals surface area contributed by atoms with Gasteiger partial charge in [0.2, 0.25) is 5.82 Å². The Morgan fingerprint density at radius 2 is 1.67 bits per heavy atom. The van der Waals surface area contributed by atoms with Crippen molar-refractivity contribution in [2.75, 3.05) is 0 Å². The molecule has 88 valence electrons. The van der Waals surface area contributed by atoms with E-state index in [1.54, 1.807) is 24.5 Å². The van der Waals surface area contributed by atoms with Crippen molar-refractivity contribution >= 4 is 0 Å². The molecule has 0 saturated heterocycles. The zero-order valence-corrected chi connectivity index (χ0v) is 9.12. The molecule has 5 nitrogen and oxygen atoms in total. The summed E-state index contributed by atoms with van der Waals surface area (Å²) in [7, 11) is 0. The number of benzene rings is 1. The highest BCUT2D eigenvalue weighted by molar-refractivity contribution is 5.58. The van der Waals surface area contributed by atoms with Crippen molar-refractivity contribution in [3.63, 3.8) is 0 Å². The molecule has 0 aliphatic carbocycles. The lowest BCUT2D eigenvalue weighted by Crippen LogP contribution is -1.84. The molecule has 0 atom stereocenters. The first-order valence-electron chi connectivity index (χ1n) is 5.18. The Morgan fingerprint density at radius 3 is 2.39 bits per heavy atom. The smallest absolute Gasteiger partial charge is 0.258 e.